The molecule has 2 N–H and O–H groups in total. The molecular formula is C13H19N5O2S. The van der Waals surface area contributed by atoms with E-state index < -0.39 is 11.3 Å². The van der Waals surface area contributed by atoms with E-state index in [1.54, 1.807) is 13.0 Å². The second-order valence-corrected chi connectivity index (χ2v) is 6.23. The summed E-state index contributed by atoms with van der Waals surface area (Å²) in [5, 5.41) is 13.3. The van der Waals surface area contributed by atoms with Gasteiger partial charge in [0, 0.05) is 12.6 Å². The quantitative estimate of drug-likeness (QED) is 0.609. The third kappa shape index (κ3) is 4.32. The van der Waals surface area contributed by atoms with Crippen LogP contribution in [0.3, 0.4) is 0 Å². The molecule has 114 valence electrons. The highest BCUT2D eigenvalue weighted by atomic mass is 32.2. The summed E-state index contributed by atoms with van der Waals surface area (Å²) in [5.41, 5.74) is 0. The van der Waals surface area contributed by atoms with Crippen molar-refractivity contribution in [3.63, 3.8) is 0 Å². The molecule has 0 aromatic carbocycles. The number of amides is 3. The van der Waals surface area contributed by atoms with Crippen LogP contribution in [0.4, 0.5) is 4.79 Å². The second-order valence-electron chi connectivity index (χ2n) is 4.93. The zero-order valence-corrected chi connectivity index (χ0v) is 12.9. The number of carbonyl (C=O) groups is 2. The van der Waals surface area contributed by atoms with Crippen molar-refractivity contribution in [2.45, 2.75) is 49.7 Å². The van der Waals surface area contributed by atoms with Gasteiger partial charge in [0.25, 0.3) is 0 Å². The molecule has 1 unspecified atom stereocenters. The molecule has 1 saturated carbocycles. The molecule has 1 aliphatic carbocycles. The average Bonchev–Trinajstić information content (AvgIpc) is 3.17. The van der Waals surface area contributed by atoms with Crippen molar-refractivity contribution in [2.75, 3.05) is 0 Å². The summed E-state index contributed by atoms with van der Waals surface area (Å²) in [4.78, 5) is 23.5. The van der Waals surface area contributed by atoms with Crippen LogP contribution in [0.25, 0.3) is 0 Å². The molecule has 21 heavy (non-hydrogen) atoms. The van der Waals surface area contributed by atoms with Gasteiger partial charge in [0.2, 0.25) is 5.91 Å². The molecule has 0 bridgehead atoms. The summed E-state index contributed by atoms with van der Waals surface area (Å²) in [7, 11) is 0. The monoisotopic (exact) mass is 309 g/mol. The SMILES string of the molecule is C=CCn1c(C)nnc1SC(C)C(=O)NC(=O)NC1CC1. The van der Waals surface area contributed by atoms with Crippen LogP contribution in [-0.2, 0) is 11.3 Å². The molecule has 1 fully saturated rings. The van der Waals surface area contributed by atoms with E-state index in [1.165, 1.54) is 11.8 Å². The Morgan fingerprint density at radius 1 is 1.52 bits per heavy atom. The Hall–Kier alpha value is -1.83. The number of carbonyl (C=O) groups excluding carboxylic acids is 2. The lowest BCUT2D eigenvalue weighted by Gasteiger charge is -2.12. The van der Waals surface area contributed by atoms with Crippen LogP contribution in [0.15, 0.2) is 17.8 Å². The van der Waals surface area contributed by atoms with Crippen molar-refractivity contribution in [3.8, 4) is 0 Å². The first-order valence-electron chi connectivity index (χ1n) is 6.80. The number of rotatable bonds is 6. The molecule has 7 nitrogen and oxygen atoms in total. The van der Waals surface area contributed by atoms with Crippen molar-refractivity contribution >= 4 is 23.7 Å². The van der Waals surface area contributed by atoms with E-state index in [2.05, 4.69) is 27.4 Å². The fourth-order valence-electron chi connectivity index (χ4n) is 1.66. The van der Waals surface area contributed by atoms with Crippen LogP contribution in [0, 0.1) is 6.92 Å². The number of thioether (sulfide) groups is 1. The van der Waals surface area contributed by atoms with Crippen LogP contribution in [0.1, 0.15) is 25.6 Å². The van der Waals surface area contributed by atoms with E-state index in [-0.39, 0.29) is 11.9 Å². The Labute approximate surface area is 127 Å². The fraction of sp³-hybridized carbons (Fsp3) is 0.538. The lowest BCUT2D eigenvalue weighted by molar-refractivity contribution is -0.119. The molecule has 0 aliphatic heterocycles. The Morgan fingerprint density at radius 2 is 2.24 bits per heavy atom. The number of imide groups is 1. The molecule has 0 saturated heterocycles. The number of nitrogens with zero attached hydrogens (tertiary/aromatic N) is 3. The third-order valence-electron chi connectivity index (χ3n) is 3.01. The highest BCUT2D eigenvalue weighted by Crippen LogP contribution is 2.22. The Morgan fingerprint density at radius 3 is 2.86 bits per heavy atom. The van der Waals surface area contributed by atoms with Gasteiger partial charge >= 0.3 is 6.03 Å². The zero-order chi connectivity index (χ0) is 15.4. The molecule has 3 amide bonds. The highest BCUT2D eigenvalue weighted by Gasteiger charge is 2.25. The van der Waals surface area contributed by atoms with Gasteiger partial charge in [0.1, 0.15) is 5.82 Å². The molecule has 1 aliphatic rings. The van der Waals surface area contributed by atoms with E-state index in [0.717, 1.165) is 18.7 Å². The van der Waals surface area contributed by atoms with Crippen molar-refractivity contribution < 1.29 is 9.59 Å². The molecule has 2 rings (SSSR count). The molecule has 1 atom stereocenters. The Bertz CT molecular complexity index is 553. The molecule has 0 radical (unpaired) electrons. The maximum atomic E-state index is 12.0. The third-order valence-corrected chi connectivity index (χ3v) is 4.09. The number of hydrogen-bond donors (Lipinski definition) is 2. The highest BCUT2D eigenvalue weighted by molar-refractivity contribution is 8.00. The lowest BCUT2D eigenvalue weighted by atomic mass is 10.4. The molecule has 1 aromatic heterocycles. The van der Waals surface area contributed by atoms with Gasteiger partial charge in [-0.2, -0.15) is 0 Å². The van der Waals surface area contributed by atoms with Gasteiger partial charge in [-0.1, -0.05) is 17.8 Å². The number of aryl methyl sites for hydroxylation is 1. The van der Waals surface area contributed by atoms with Crippen LogP contribution < -0.4 is 10.6 Å². The molecule has 1 aromatic rings. The second kappa shape index (κ2) is 6.75. The predicted octanol–water partition coefficient (Wildman–Crippen LogP) is 1.24. The predicted molar refractivity (Wildman–Crippen MR) is 80.0 cm³/mol. The van der Waals surface area contributed by atoms with Crippen LogP contribution in [0.5, 0.6) is 0 Å². The summed E-state index contributed by atoms with van der Waals surface area (Å²) < 4.78 is 1.87. The van der Waals surface area contributed by atoms with Crippen LogP contribution in [-0.4, -0.2) is 38.0 Å². The van der Waals surface area contributed by atoms with Gasteiger partial charge in [0.15, 0.2) is 5.16 Å². The number of nitrogens with one attached hydrogen (secondary N) is 2. The van der Waals surface area contributed by atoms with Crippen molar-refractivity contribution in [2.24, 2.45) is 0 Å². The standard InChI is InChI=1S/C13H19N5O2S/c1-4-7-18-9(3)16-17-13(18)21-8(2)11(19)15-12(20)14-10-5-6-10/h4,8,10H,1,5-7H2,2-3H3,(H2,14,15,19,20). The van der Waals surface area contributed by atoms with Crippen LogP contribution in [0.2, 0.25) is 0 Å². The number of hydrogen-bond acceptors (Lipinski definition) is 5. The first kappa shape index (κ1) is 15.6. The molecule has 1 heterocycles. The first-order valence-corrected chi connectivity index (χ1v) is 7.68. The maximum absolute atomic E-state index is 12.0. The van der Waals surface area contributed by atoms with E-state index in [1.807, 2.05) is 11.5 Å². The van der Waals surface area contributed by atoms with E-state index in [0.29, 0.717) is 11.7 Å². The van der Waals surface area contributed by atoms with Gasteiger partial charge in [-0.25, -0.2) is 4.79 Å². The van der Waals surface area contributed by atoms with Crippen LogP contribution >= 0.6 is 11.8 Å². The van der Waals surface area contributed by atoms with E-state index in [4.69, 9.17) is 0 Å². The van der Waals surface area contributed by atoms with Gasteiger partial charge in [0.05, 0.1) is 5.25 Å². The van der Waals surface area contributed by atoms with Crippen molar-refractivity contribution in [3.05, 3.63) is 18.5 Å². The fourth-order valence-corrected chi connectivity index (χ4v) is 2.57. The molecule has 0 spiro atoms. The normalized spacial score (nSPS) is 15.3. The number of allylic oxidation sites excluding steroid dienone is 1. The van der Waals surface area contributed by atoms with Gasteiger partial charge in [-0.3, -0.25) is 10.1 Å². The minimum Gasteiger partial charge on any atom is -0.335 e. The van der Waals surface area contributed by atoms with E-state index >= 15 is 0 Å². The smallest absolute Gasteiger partial charge is 0.321 e. The average molecular weight is 309 g/mol. The Kier molecular flexibility index (Phi) is 5.00. The van der Waals surface area contributed by atoms with E-state index in [9.17, 15) is 9.59 Å². The van der Waals surface area contributed by atoms with Crippen molar-refractivity contribution in [1.82, 2.24) is 25.4 Å². The zero-order valence-electron chi connectivity index (χ0n) is 12.1. The lowest BCUT2D eigenvalue weighted by Crippen LogP contribution is -2.43. The largest absolute Gasteiger partial charge is 0.335 e. The minimum absolute atomic E-state index is 0.221. The van der Waals surface area contributed by atoms with Gasteiger partial charge in [-0.15, -0.1) is 16.8 Å². The van der Waals surface area contributed by atoms with Crippen molar-refractivity contribution in [1.29, 1.82) is 0 Å². The van der Waals surface area contributed by atoms with Gasteiger partial charge in [-0.05, 0) is 26.7 Å². The topological polar surface area (TPSA) is 88.9 Å². The molecular weight excluding hydrogens is 290 g/mol. The summed E-state index contributed by atoms with van der Waals surface area (Å²) in [6.45, 7) is 7.84. The summed E-state index contributed by atoms with van der Waals surface area (Å²) in [6.07, 6.45) is 3.71. The number of urea groups is 1. The number of aromatic nitrogens is 3. The summed E-state index contributed by atoms with van der Waals surface area (Å²) >= 11 is 1.27. The molecule has 8 heteroatoms. The first-order chi connectivity index (χ1) is 10.0. The van der Waals surface area contributed by atoms with Gasteiger partial charge < -0.3 is 9.88 Å². The maximum Gasteiger partial charge on any atom is 0.321 e. The summed E-state index contributed by atoms with van der Waals surface area (Å²) in [5.74, 6) is 0.417. The Balaban J connectivity index is 1.90. The summed E-state index contributed by atoms with van der Waals surface area (Å²) in [6, 6.07) is -0.210. The minimum atomic E-state index is -0.442.